The Morgan fingerprint density at radius 2 is 2.11 bits per heavy atom. The van der Waals surface area contributed by atoms with Crippen LogP contribution in [0.15, 0.2) is 35.6 Å². The van der Waals surface area contributed by atoms with Crippen molar-refractivity contribution in [2.45, 2.75) is 45.5 Å². The molecule has 3 unspecified atom stereocenters. The van der Waals surface area contributed by atoms with E-state index in [9.17, 15) is 29.4 Å². The lowest BCUT2D eigenvalue weighted by molar-refractivity contribution is -0.142. The third-order valence-corrected chi connectivity index (χ3v) is 3.97. The standard InChI is InChI=1S/C19H24O8/c1-11(8-20)9-26-17(13(3)18(23)24)14-6-4-5-7-15(21)16(22)12(2)10-27-19(14)25/h6,8-9,12,17,19,25H,3-5,7,10H2,1-2H3,(H,23,24). The molecule has 0 spiro atoms. The topological polar surface area (TPSA) is 127 Å². The number of carbonyl (C=O) groups excluding carboxylic acids is 3. The van der Waals surface area contributed by atoms with E-state index in [2.05, 4.69) is 6.58 Å². The highest BCUT2D eigenvalue weighted by molar-refractivity contribution is 6.37. The van der Waals surface area contributed by atoms with E-state index < -0.39 is 35.8 Å². The van der Waals surface area contributed by atoms with Gasteiger partial charge in [0.25, 0.3) is 0 Å². The molecule has 1 aliphatic heterocycles. The zero-order chi connectivity index (χ0) is 20.6. The van der Waals surface area contributed by atoms with E-state index in [-0.39, 0.29) is 36.2 Å². The van der Waals surface area contributed by atoms with Crippen molar-refractivity contribution in [3.8, 4) is 0 Å². The van der Waals surface area contributed by atoms with E-state index in [1.165, 1.54) is 19.9 Å². The summed E-state index contributed by atoms with van der Waals surface area (Å²) >= 11 is 0. The van der Waals surface area contributed by atoms with Gasteiger partial charge in [0.1, 0.15) is 6.29 Å². The van der Waals surface area contributed by atoms with Crippen LogP contribution in [0.2, 0.25) is 0 Å². The number of carboxylic acids is 1. The molecule has 0 fully saturated rings. The number of ketones is 2. The Balaban J connectivity index is 3.19. The van der Waals surface area contributed by atoms with Crippen molar-refractivity contribution >= 4 is 23.8 Å². The lowest BCUT2D eigenvalue weighted by Gasteiger charge is -2.25. The lowest BCUT2D eigenvalue weighted by atomic mass is 9.99. The summed E-state index contributed by atoms with van der Waals surface area (Å²) < 4.78 is 10.7. The normalized spacial score (nSPS) is 23.7. The molecular weight excluding hydrogens is 356 g/mol. The molecule has 0 saturated heterocycles. The Morgan fingerprint density at radius 1 is 1.44 bits per heavy atom. The second-order valence-corrected chi connectivity index (χ2v) is 6.30. The van der Waals surface area contributed by atoms with Crippen LogP contribution in [0.3, 0.4) is 0 Å². The predicted octanol–water partition coefficient (Wildman–Crippen LogP) is 1.33. The van der Waals surface area contributed by atoms with E-state index in [1.807, 2.05) is 0 Å². The molecular formula is C19H24O8. The van der Waals surface area contributed by atoms with Crippen LogP contribution in [0.5, 0.6) is 0 Å². The molecule has 148 valence electrons. The summed E-state index contributed by atoms with van der Waals surface area (Å²) in [5.41, 5.74) is -0.0871. The first-order valence-corrected chi connectivity index (χ1v) is 8.45. The van der Waals surface area contributed by atoms with E-state index in [4.69, 9.17) is 9.47 Å². The van der Waals surface area contributed by atoms with Gasteiger partial charge in [-0.15, -0.1) is 0 Å². The third-order valence-electron chi connectivity index (χ3n) is 3.97. The fourth-order valence-corrected chi connectivity index (χ4v) is 2.35. The van der Waals surface area contributed by atoms with Gasteiger partial charge in [0.05, 0.1) is 18.4 Å². The third kappa shape index (κ3) is 6.58. The second kappa shape index (κ2) is 10.5. The van der Waals surface area contributed by atoms with Crippen LogP contribution in [0.4, 0.5) is 0 Å². The van der Waals surface area contributed by atoms with Gasteiger partial charge >= 0.3 is 5.97 Å². The molecule has 0 saturated carbocycles. The van der Waals surface area contributed by atoms with Gasteiger partial charge in [-0.3, -0.25) is 14.4 Å². The quantitative estimate of drug-likeness (QED) is 0.232. The number of aldehydes is 1. The summed E-state index contributed by atoms with van der Waals surface area (Å²) in [6, 6.07) is 0. The number of Topliss-reactive ketones (excluding diaryl/α,β-unsaturated/α-hetero) is 2. The molecule has 0 aliphatic carbocycles. The minimum atomic E-state index is -1.57. The first kappa shape index (κ1) is 22.5. The molecule has 1 rings (SSSR count). The summed E-state index contributed by atoms with van der Waals surface area (Å²) in [6.45, 7) is 6.21. The van der Waals surface area contributed by atoms with Gasteiger partial charge in [0, 0.05) is 23.5 Å². The predicted molar refractivity (Wildman–Crippen MR) is 94.5 cm³/mol. The number of aliphatic hydroxyl groups is 1. The van der Waals surface area contributed by atoms with Crippen LogP contribution < -0.4 is 0 Å². The fraction of sp³-hybridized carbons (Fsp3) is 0.474. The largest absolute Gasteiger partial charge is 0.488 e. The summed E-state index contributed by atoms with van der Waals surface area (Å²) in [5.74, 6) is -3.17. The maximum absolute atomic E-state index is 11.9. The summed E-state index contributed by atoms with van der Waals surface area (Å²) in [7, 11) is 0. The highest BCUT2D eigenvalue weighted by Gasteiger charge is 2.31. The smallest absolute Gasteiger partial charge is 0.335 e. The van der Waals surface area contributed by atoms with Crippen LogP contribution >= 0.6 is 0 Å². The van der Waals surface area contributed by atoms with Crippen molar-refractivity contribution in [3.05, 3.63) is 35.6 Å². The summed E-state index contributed by atoms with van der Waals surface area (Å²) in [6.07, 6.45) is 0.905. The molecule has 8 nitrogen and oxygen atoms in total. The number of hydrogen-bond acceptors (Lipinski definition) is 7. The molecule has 0 bridgehead atoms. The number of aliphatic carboxylic acids is 1. The van der Waals surface area contributed by atoms with Crippen LogP contribution in [0, 0.1) is 5.92 Å². The molecule has 8 heteroatoms. The second-order valence-electron chi connectivity index (χ2n) is 6.30. The average Bonchev–Trinajstić information content (AvgIpc) is 2.66. The molecule has 0 radical (unpaired) electrons. The minimum Gasteiger partial charge on any atom is -0.488 e. The first-order valence-electron chi connectivity index (χ1n) is 8.45. The zero-order valence-corrected chi connectivity index (χ0v) is 15.3. The van der Waals surface area contributed by atoms with Gasteiger partial charge in [0.15, 0.2) is 18.2 Å². The highest BCUT2D eigenvalue weighted by Crippen LogP contribution is 2.23. The lowest BCUT2D eigenvalue weighted by Crippen LogP contribution is -2.32. The number of allylic oxidation sites excluding steroid dienone is 2. The minimum absolute atomic E-state index is 0.0403. The van der Waals surface area contributed by atoms with Gasteiger partial charge < -0.3 is 19.7 Å². The monoisotopic (exact) mass is 380 g/mol. The number of carboxylic acid groups (broad SMARTS) is 1. The highest BCUT2D eigenvalue weighted by atomic mass is 16.6. The number of aliphatic hydroxyl groups excluding tert-OH is 1. The van der Waals surface area contributed by atoms with Crippen molar-refractivity contribution in [3.63, 3.8) is 0 Å². The number of hydrogen-bond donors (Lipinski definition) is 2. The van der Waals surface area contributed by atoms with Crippen LogP contribution in [-0.2, 0) is 28.7 Å². The number of ether oxygens (including phenoxy) is 2. The van der Waals surface area contributed by atoms with Gasteiger partial charge in [-0.2, -0.15) is 0 Å². The molecule has 1 heterocycles. The SMILES string of the molecule is C=C(C(=O)O)C(OC=C(C)C=O)C1=CCCCC(=O)C(=O)C(C)COC1O. The van der Waals surface area contributed by atoms with Crippen molar-refractivity contribution in [1.29, 1.82) is 0 Å². The number of carbonyl (C=O) groups is 4. The average molecular weight is 380 g/mol. The Kier molecular flexibility index (Phi) is 8.77. The van der Waals surface area contributed by atoms with Crippen LogP contribution in [0.1, 0.15) is 33.1 Å². The molecule has 0 amide bonds. The van der Waals surface area contributed by atoms with Crippen molar-refractivity contribution in [2.75, 3.05) is 6.61 Å². The maximum atomic E-state index is 11.9. The molecule has 3 atom stereocenters. The fourth-order valence-electron chi connectivity index (χ4n) is 2.35. The van der Waals surface area contributed by atoms with Crippen molar-refractivity contribution < 1.29 is 38.9 Å². The molecule has 0 aromatic rings. The molecule has 2 N–H and O–H groups in total. The zero-order valence-electron chi connectivity index (χ0n) is 15.3. The Morgan fingerprint density at radius 3 is 2.70 bits per heavy atom. The molecule has 1 aliphatic rings. The van der Waals surface area contributed by atoms with Gasteiger partial charge in [-0.05, 0) is 19.8 Å². The van der Waals surface area contributed by atoms with E-state index in [1.54, 1.807) is 0 Å². The molecule has 27 heavy (non-hydrogen) atoms. The Bertz CT molecular complexity index is 673. The van der Waals surface area contributed by atoms with Gasteiger partial charge in [-0.25, -0.2) is 4.79 Å². The molecule has 0 aromatic carbocycles. The molecule has 0 aromatic heterocycles. The van der Waals surface area contributed by atoms with Crippen LogP contribution in [0.25, 0.3) is 0 Å². The van der Waals surface area contributed by atoms with E-state index in [0.29, 0.717) is 12.7 Å². The van der Waals surface area contributed by atoms with Crippen molar-refractivity contribution in [1.82, 2.24) is 0 Å². The first-order chi connectivity index (χ1) is 12.7. The van der Waals surface area contributed by atoms with E-state index >= 15 is 0 Å². The van der Waals surface area contributed by atoms with Crippen LogP contribution in [-0.4, -0.2) is 53.0 Å². The summed E-state index contributed by atoms with van der Waals surface area (Å²) in [4.78, 5) is 45.8. The Labute approximate surface area is 157 Å². The van der Waals surface area contributed by atoms with Gasteiger partial charge in [0.2, 0.25) is 5.78 Å². The summed E-state index contributed by atoms with van der Waals surface area (Å²) in [5, 5.41) is 19.7. The van der Waals surface area contributed by atoms with Gasteiger partial charge in [-0.1, -0.05) is 19.6 Å². The maximum Gasteiger partial charge on any atom is 0.335 e. The van der Waals surface area contributed by atoms with E-state index in [0.717, 1.165) is 6.26 Å². The number of rotatable bonds is 6. The van der Waals surface area contributed by atoms with Crippen molar-refractivity contribution in [2.24, 2.45) is 5.92 Å². The Hall–Kier alpha value is -2.58.